The fraction of sp³-hybridized carbons (Fsp3) is 0.250. The highest BCUT2D eigenvalue weighted by molar-refractivity contribution is 8.00. The van der Waals surface area contributed by atoms with Crippen molar-refractivity contribution in [3.63, 3.8) is 0 Å². The second kappa shape index (κ2) is 7.74. The summed E-state index contributed by atoms with van der Waals surface area (Å²) in [4.78, 5) is 36.9. The number of Topliss-reactive ketones (excluding diaryl/α,β-unsaturated/α-hetero) is 1. The average molecular weight is 369 g/mol. The summed E-state index contributed by atoms with van der Waals surface area (Å²) in [5.74, 6) is -0.931. The third kappa shape index (κ3) is 3.96. The molecule has 1 aliphatic heterocycles. The highest BCUT2D eigenvalue weighted by atomic mass is 32.2. The van der Waals surface area contributed by atoms with Crippen molar-refractivity contribution >= 4 is 35.1 Å². The topological polar surface area (TPSA) is 72.5 Å². The molecule has 0 spiro atoms. The summed E-state index contributed by atoms with van der Waals surface area (Å²) in [6.07, 6.45) is 0. The predicted molar refractivity (Wildman–Crippen MR) is 101 cm³/mol. The first-order valence-corrected chi connectivity index (χ1v) is 9.26. The Labute approximate surface area is 156 Å². The molecule has 1 amide bonds. The smallest absolute Gasteiger partial charge is 0.316 e. The van der Waals surface area contributed by atoms with Crippen LogP contribution < -0.4 is 5.32 Å². The van der Waals surface area contributed by atoms with Crippen molar-refractivity contribution in [3.05, 3.63) is 59.2 Å². The molecule has 0 aliphatic carbocycles. The molecule has 3 rings (SSSR count). The molecular formula is C20H19NO4S. The maximum Gasteiger partial charge on any atom is 0.316 e. The van der Waals surface area contributed by atoms with Gasteiger partial charge in [-0.25, -0.2) is 0 Å². The number of esters is 1. The van der Waals surface area contributed by atoms with Crippen LogP contribution >= 0.6 is 11.8 Å². The number of fused-ring (bicyclic) bond motifs is 1. The Hall–Kier alpha value is -2.60. The lowest BCUT2D eigenvalue weighted by Crippen LogP contribution is -2.15. The zero-order valence-corrected chi connectivity index (χ0v) is 15.4. The number of amides is 1. The molecule has 1 aliphatic rings. The van der Waals surface area contributed by atoms with Crippen LogP contribution in [0.5, 0.6) is 0 Å². The van der Waals surface area contributed by atoms with Gasteiger partial charge >= 0.3 is 5.97 Å². The van der Waals surface area contributed by atoms with E-state index >= 15 is 0 Å². The minimum absolute atomic E-state index is 0.0794. The van der Waals surface area contributed by atoms with Crippen LogP contribution in [0.4, 0.5) is 5.69 Å². The van der Waals surface area contributed by atoms with Crippen LogP contribution in [-0.4, -0.2) is 30.0 Å². The Bertz CT molecular complexity index is 878. The first kappa shape index (κ1) is 18.2. The van der Waals surface area contributed by atoms with Crippen molar-refractivity contribution < 1.29 is 19.1 Å². The Balaban J connectivity index is 1.54. The molecule has 0 bridgehead atoms. The third-order valence-electron chi connectivity index (χ3n) is 4.29. The predicted octanol–water partition coefficient (Wildman–Crippen LogP) is 3.57. The number of ketones is 1. The molecule has 1 heterocycles. The fourth-order valence-electron chi connectivity index (χ4n) is 2.72. The molecule has 1 N–H and O–H groups in total. The van der Waals surface area contributed by atoms with Crippen LogP contribution in [0.25, 0.3) is 0 Å². The zero-order valence-electron chi connectivity index (χ0n) is 14.6. The molecule has 2 aromatic rings. The number of benzene rings is 2. The first-order valence-electron chi connectivity index (χ1n) is 8.28. The lowest BCUT2D eigenvalue weighted by atomic mass is 9.99. The van der Waals surface area contributed by atoms with E-state index in [0.717, 1.165) is 21.7 Å². The maximum absolute atomic E-state index is 12.3. The molecule has 0 saturated carbocycles. The number of carbonyl (C=O) groups is 3. The van der Waals surface area contributed by atoms with Crippen molar-refractivity contribution in [1.29, 1.82) is 0 Å². The summed E-state index contributed by atoms with van der Waals surface area (Å²) in [7, 11) is 0. The number of thioether (sulfide) groups is 1. The highest BCUT2D eigenvalue weighted by Gasteiger charge is 2.27. The van der Waals surface area contributed by atoms with Crippen molar-refractivity contribution in [2.45, 2.75) is 24.7 Å². The van der Waals surface area contributed by atoms with Crippen molar-refractivity contribution in [2.75, 3.05) is 17.7 Å². The first-order chi connectivity index (χ1) is 12.5. The third-order valence-corrected chi connectivity index (χ3v) is 5.44. The van der Waals surface area contributed by atoms with E-state index in [-0.39, 0.29) is 30.0 Å². The quantitative estimate of drug-likeness (QED) is 0.479. The molecule has 0 aromatic heterocycles. The minimum Gasteiger partial charge on any atom is -0.457 e. The number of carbonyl (C=O) groups excluding carboxylic acids is 3. The van der Waals surface area contributed by atoms with Crippen LogP contribution in [0.15, 0.2) is 47.4 Å². The molecule has 1 atom stereocenters. The van der Waals surface area contributed by atoms with Crippen LogP contribution in [0.1, 0.15) is 34.3 Å². The standard InChI is InChI=1S/C20H19NO4S/c1-12-5-3-4-6-18(12)26-11-19(23)25-10-17(22)14-7-8-16-15(9-14)13(2)20(24)21-16/h3-9,13H,10-11H2,1-2H3,(H,21,24)/t13-/m1/s1. The van der Waals surface area contributed by atoms with E-state index in [4.69, 9.17) is 4.74 Å². The Morgan fingerprint density at radius 1 is 1.19 bits per heavy atom. The van der Waals surface area contributed by atoms with Gasteiger partial charge in [-0.2, -0.15) is 0 Å². The molecule has 0 unspecified atom stereocenters. The van der Waals surface area contributed by atoms with Crippen LogP contribution in [0.3, 0.4) is 0 Å². The van der Waals surface area contributed by atoms with Gasteiger partial charge in [0.05, 0.1) is 11.7 Å². The lowest BCUT2D eigenvalue weighted by Gasteiger charge is -2.07. The normalized spacial score (nSPS) is 15.3. The van der Waals surface area contributed by atoms with Gasteiger partial charge in [-0.05, 0) is 49.2 Å². The van der Waals surface area contributed by atoms with Gasteiger partial charge in [0.2, 0.25) is 5.91 Å². The van der Waals surface area contributed by atoms with Gasteiger partial charge < -0.3 is 10.1 Å². The van der Waals surface area contributed by atoms with E-state index in [9.17, 15) is 14.4 Å². The van der Waals surface area contributed by atoms with Gasteiger partial charge in [-0.3, -0.25) is 14.4 Å². The van der Waals surface area contributed by atoms with Gasteiger partial charge in [-0.15, -0.1) is 11.8 Å². The number of hydrogen-bond donors (Lipinski definition) is 1. The monoisotopic (exact) mass is 369 g/mol. The Morgan fingerprint density at radius 3 is 2.73 bits per heavy atom. The molecular weight excluding hydrogens is 350 g/mol. The molecule has 0 saturated heterocycles. The SMILES string of the molecule is Cc1ccccc1SCC(=O)OCC(=O)c1ccc2c(c1)[C@@H](C)C(=O)N2. The van der Waals surface area contributed by atoms with Crippen LogP contribution in [-0.2, 0) is 14.3 Å². The molecule has 134 valence electrons. The van der Waals surface area contributed by atoms with E-state index in [1.165, 1.54) is 11.8 Å². The van der Waals surface area contributed by atoms with Gasteiger partial charge in [0, 0.05) is 16.1 Å². The van der Waals surface area contributed by atoms with Crippen molar-refractivity contribution in [2.24, 2.45) is 0 Å². The summed E-state index contributed by atoms with van der Waals surface area (Å²) < 4.78 is 5.10. The summed E-state index contributed by atoms with van der Waals surface area (Å²) in [5.41, 5.74) is 3.05. The number of aryl methyl sites for hydroxylation is 1. The van der Waals surface area contributed by atoms with Crippen molar-refractivity contribution in [3.8, 4) is 0 Å². The van der Waals surface area contributed by atoms with Gasteiger partial charge in [-0.1, -0.05) is 18.2 Å². The van der Waals surface area contributed by atoms with E-state index in [1.54, 1.807) is 25.1 Å². The van der Waals surface area contributed by atoms with E-state index in [2.05, 4.69) is 5.32 Å². The van der Waals surface area contributed by atoms with Crippen molar-refractivity contribution in [1.82, 2.24) is 0 Å². The number of anilines is 1. The van der Waals surface area contributed by atoms with Crippen LogP contribution in [0, 0.1) is 6.92 Å². The highest BCUT2D eigenvalue weighted by Crippen LogP contribution is 2.32. The summed E-state index contributed by atoms with van der Waals surface area (Å²) in [5, 5.41) is 2.76. The Morgan fingerprint density at radius 2 is 1.96 bits per heavy atom. The van der Waals surface area contributed by atoms with E-state index in [0.29, 0.717) is 5.56 Å². The van der Waals surface area contributed by atoms with E-state index < -0.39 is 5.97 Å². The minimum atomic E-state index is -0.432. The maximum atomic E-state index is 12.3. The number of nitrogens with one attached hydrogen (secondary N) is 1. The van der Waals surface area contributed by atoms with Gasteiger partial charge in [0.1, 0.15) is 0 Å². The summed E-state index contributed by atoms with van der Waals surface area (Å²) in [6, 6.07) is 12.8. The summed E-state index contributed by atoms with van der Waals surface area (Å²) >= 11 is 1.39. The number of hydrogen-bond acceptors (Lipinski definition) is 5. The molecule has 6 heteroatoms. The molecule has 26 heavy (non-hydrogen) atoms. The molecule has 0 fully saturated rings. The Kier molecular flexibility index (Phi) is 5.42. The molecule has 0 radical (unpaired) electrons. The average Bonchev–Trinajstić information content (AvgIpc) is 2.92. The number of rotatable bonds is 6. The second-order valence-corrected chi connectivity index (χ2v) is 7.17. The lowest BCUT2D eigenvalue weighted by molar-refractivity contribution is -0.139. The second-order valence-electron chi connectivity index (χ2n) is 6.15. The van der Waals surface area contributed by atoms with Gasteiger partial charge in [0.25, 0.3) is 0 Å². The zero-order chi connectivity index (χ0) is 18.7. The fourth-order valence-corrected chi connectivity index (χ4v) is 3.54. The number of ether oxygens (including phenoxy) is 1. The van der Waals surface area contributed by atoms with E-state index in [1.807, 2.05) is 31.2 Å². The summed E-state index contributed by atoms with van der Waals surface area (Å²) in [6.45, 7) is 3.46. The van der Waals surface area contributed by atoms with Gasteiger partial charge in [0.15, 0.2) is 12.4 Å². The largest absolute Gasteiger partial charge is 0.457 e. The molecule has 5 nitrogen and oxygen atoms in total. The van der Waals surface area contributed by atoms with Crippen LogP contribution in [0.2, 0.25) is 0 Å². The molecule has 2 aromatic carbocycles.